The lowest BCUT2D eigenvalue weighted by Crippen LogP contribution is -2.37. The molecule has 0 aliphatic rings. The molecule has 4 heteroatoms. The summed E-state index contributed by atoms with van der Waals surface area (Å²) in [5, 5.41) is 6.09. The number of carbonyl (C=O) groups is 1. The highest BCUT2D eigenvalue weighted by molar-refractivity contribution is 5.78. The first-order chi connectivity index (χ1) is 9.02. The summed E-state index contributed by atoms with van der Waals surface area (Å²) in [6.07, 6.45) is 1.03. The highest BCUT2D eigenvalue weighted by atomic mass is 16.1. The highest BCUT2D eigenvalue weighted by Gasteiger charge is 2.04. The van der Waals surface area contributed by atoms with Crippen molar-refractivity contribution in [1.82, 2.24) is 10.6 Å². The van der Waals surface area contributed by atoms with Gasteiger partial charge in [0.1, 0.15) is 0 Å². The van der Waals surface area contributed by atoms with Gasteiger partial charge in [0.15, 0.2) is 0 Å². The van der Waals surface area contributed by atoms with E-state index in [1.165, 1.54) is 0 Å². The third kappa shape index (κ3) is 5.75. The summed E-state index contributed by atoms with van der Waals surface area (Å²) in [6, 6.07) is 8.57. The number of benzene rings is 1. The lowest BCUT2D eigenvalue weighted by molar-refractivity contribution is -0.120. The predicted octanol–water partition coefficient (Wildman–Crippen LogP) is 1.76. The van der Waals surface area contributed by atoms with E-state index >= 15 is 0 Å². The van der Waals surface area contributed by atoms with Crippen molar-refractivity contribution in [3.63, 3.8) is 0 Å². The van der Waals surface area contributed by atoms with Crippen molar-refractivity contribution in [3.05, 3.63) is 29.8 Å². The third-order valence-electron chi connectivity index (χ3n) is 3.17. The molecule has 0 aliphatic heterocycles. The average Bonchev–Trinajstić information content (AvgIpc) is 2.42. The van der Waals surface area contributed by atoms with Crippen LogP contribution in [0.5, 0.6) is 0 Å². The molecule has 1 aromatic carbocycles. The SMILES string of the molecule is CCC(C)NCC(=O)NCc1ccc(N(C)C)cc1. The van der Waals surface area contributed by atoms with Crippen molar-refractivity contribution in [2.24, 2.45) is 0 Å². The third-order valence-corrected chi connectivity index (χ3v) is 3.17. The van der Waals surface area contributed by atoms with Crippen LogP contribution >= 0.6 is 0 Å². The van der Waals surface area contributed by atoms with Crippen molar-refractivity contribution in [2.45, 2.75) is 32.9 Å². The Morgan fingerprint density at radius 3 is 2.42 bits per heavy atom. The normalized spacial score (nSPS) is 12.0. The minimum absolute atomic E-state index is 0.0389. The molecular formula is C15H25N3O. The Balaban J connectivity index is 2.33. The van der Waals surface area contributed by atoms with Crippen molar-refractivity contribution >= 4 is 11.6 Å². The number of anilines is 1. The highest BCUT2D eigenvalue weighted by Crippen LogP contribution is 2.11. The molecule has 1 rings (SSSR count). The zero-order valence-corrected chi connectivity index (χ0v) is 12.4. The van der Waals surface area contributed by atoms with E-state index in [0.717, 1.165) is 17.7 Å². The van der Waals surface area contributed by atoms with Crippen molar-refractivity contribution in [2.75, 3.05) is 25.5 Å². The van der Waals surface area contributed by atoms with E-state index in [9.17, 15) is 4.79 Å². The second kappa shape index (κ2) is 7.79. The zero-order valence-electron chi connectivity index (χ0n) is 12.4. The molecule has 1 amide bonds. The monoisotopic (exact) mass is 263 g/mol. The van der Waals surface area contributed by atoms with E-state index in [-0.39, 0.29) is 5.91 Å². The molecule has 1 unspecified atom stereocenters. The number of hydrogen-bond acceptors (Lipinski definition) is 3. The molecule has 0 aromatic heterocycles. The van der Waals surface area contributed by atoms with Crippen LogP contribution in [-0.4, -0.2) is 32.6 Å². The molecule has 0 fully saturated rings. The van der Waals surface area contributed by atoms with E-state index in [2.05, 4.69) is 41.5 Å². The number of rotatable bonds is 7. The number of hydrogen-bond donors (Lipinski definition) is 2. The van der Waals surface area contributed by atoms with Crippen LogP contribution in [0.1, 0.15) is 25.8 Å². The quantitative estimate of drug-likeness (QED) is 0.788. The molecule has 0 aliphatic carbocycles. The predicted molar refractivity (Wildman–Crippen MR) is 80.4 cm³/mol. The van der Waals surface area contributed by atoms with Crippen molar-refractivity contribution in [1.29, 1.82) is 0 Å². The van der Waals surface area contributed by atoms with Gasteiger partial charge in [-0.25, -0.2) is 0 Å². The molecule has 4 nitrogen and oxygen atoms in total. The van der Waals surface area contributed by atoms with Gasteiger partial charge in [0, 0.05) is 32.4 Å². The van der Waals surface area contributed by atoms with Crippen molar-refractivity contribution in [3.8, 4) is 0 Å². The number of carbonyl (C=O) groups excluding carboxylic acids is 1. The van der Waals surface area contributed by atoms with Crippen LogP contribution in [0.2, 0.25) is 0 Å². The van der Waals surface area contributed by atoms with E-state index in [1.54, 1.807) is 0 Å². The smallest absolute Gasteiger partial charge is 0.234 e. The Labute approximate surface area is 116 Å². The molecule has 2 N–H and O–H groups in total. The summed E-state index contributed by atoms with van der Waals surface area (Å²) in [4.78, 5) is 13.7. The van der Waals surface area contributed by atoms with E-state index < -0.39 is 0 Å². The number of nitrogens with one attached hydrogen (secondary N) is 2. The van der Waals surface area contributed by atoms with Gasteiger partial charge in [-0.3, -0.25) is 4.79 Å². The maximum atomic E-state index is 11.6. The van der Waals surface area contributed by atoms with Crippen LogP contribution in [0.3, 0.4) is 0 Å². The standard InChI is InChI=1S/C15H25N3O/c1-5-12(2)16-11-15(19)17-10-13-6-8-14(9-7-13)18(3)4/h6-9,12,16H,5,10-11H2,1-4H3,(H,17,19). The Morgan fingerprint density at radius 1 is 1.26 bits per heavy atom. The minimum atomic E-state index is 0.0389. The molecule has 0 saturated carbocycles. The first-order valence-corrected chi connectivity index (χ1v) is 6.79. The first-order valence-electron chi connectivity index (χ1n) is 6.79. The molecule has 0 radical (unpaired) electrons. The summed E-state index contributed by atoms with van der Waals surface area (Å²) in [5.74, 6) is 0.0389. The molecular weight excluding hydrogens is 238 g/mol. The fraction of sp³-hybridized carbons (Fsp3) is 0.533. The molecule has 19 heavy (non-hydrogen) atoms. The second-order valence-electron chi connectivity index (χ2n) is 5.03. The number of amides is 1. The van der Waals surface area contributed by atoms with Crippen LogP contribution in [0.15, 0.2) is 24.3 Å². The lowest BCUT2D eigenvalue weighted by atomic mass is 10.2. The van der Waals surface area contributed by atoms with Crippen molar-refractivity contribution < 1.29 is 4.79 Å². The zero-order chi connectivity index (χ0) is 14.3. The Kier molecular flexibility index (Phi) is 6.36. The summed E-state index contributed by atoms with van der Waals surface area (Å²) in [6.45, 7) is 5.13. The maximum Gasteiger partial charge on any atom is 0.234 e. The van der Waals surface area contributed by atoms with Gasteiger partial charge in [-0.1, -0.05) is 19.1 Å². The van der Waals surface area contributed by atoms with Crippen LogP contribution in [0.4, 0.5) is 5.69 Å². The van der Waals surface area contributed by atoms with Gasteiger partial charge in [0.2, 0.25) is 5.91 Å². The second-order valence-corrected chi connectivity index (χ2v) is 5.03. The van der Waals surface area contributed by atoms with Crippen LogP contribution < -0.4 is 15.5 Å². The summed E-state index contributed by atoms with van der Waals surface area (Å²) in [7, 11) is 4.02. The van der Waals surface area contributed by atoms with Gasteiger partial charge in [-0.05, 0) is 31.0 Å². The first kappa shape index (κ1) is 15.5. The molecule has 1 atom stereocenters. The number of nitrogens with zero attached hydrogens (tertiary/aromatic N) is 1. The Hall–Kier alpha value is -1.55. The summed E-state index contributed by atoms with van der Waals surface area (Å²) >= 11 is 0. The van der Waals surface area contributed by atoms with Crippen LogP contribution in [-0.2, 0) is 11.3 Å². The molecule has 106 valence electrons. The largest absolute Gasteiger partial charge is 0.378 e. The maximum absolute atomic E-state index is 11.6. The molecule has 0 saturated heterocycles. The Morgan fingerprint density at radius 2 is 1.89 bits per heavy atom. The summed E-state index contributed by atoms with van der Waals surface area (Å²) in [5.41, 5.74) is 2.27. The molecule has 0 spiro atoms. The minimum Gasteiger partial charge on any atom is -0.378 e. The molecule has 1 aromatic rings. The van der Waals surface area contributed by atoms with Crippen LogP contribution in [0, 0.1) is 0 Å². The topological polar surface area (TPSA) is 44.4 Å². The van der Waals surface area contributed by atoms with Gasteiger partial charge in [0.25, 0.3) is 0 Å². The fourth-order valence-electron chi connectivity index (χ4n) is 1.59. The fourth-order valence-corrected chi connectivity index (χ4v) is 1.59. The Bertz CT molecular complexity index is 387. The van der Waals surface area contributed by atoms with Crippen LogP contribution in [0.25, 0.3) is 0 Å². The van der Waals surface area contributed by atoms with Gasteiger partial charge in [-0.2, -0.15) is 0 Å². The van der Waals surface area contributed by atoms with Gasteiger partial charge in [0.05, 0.1) is 6.54 Å². The van der Waals surface area contributed by atoms with Gasteiger partial charge < -0.3 is 15.5 Å². The lowest BCUT2D eigenvalue weighted by Gasteiger charge is -2.13. The van der Waals surface area contributed by atoms with Gasteiger partial charge in [-0.15, -0.1) is 0 Å². The average molecular weight is 263 g/mol. The van der Waals surface area contributed by atoms with E-state index in [0.29, 0.717) is 19.1 Å². The van der Waals surface area contributed by atoms with E-state index in [1.807, 2.05) is 26.2 Å². The summed E-state index contributed by atoms with van der Waals surface area (Å²) < 4.78 is 0. The van der Waals surface area contributed by atoms with E-state index in [4.69, 9.17) is 0 Å². The molecule has 0 heterocycles. The van der Waals surface area contributed by atoms with Gasteiger partial charge >= 0.3 is 0 Å². The molecule has 0 bridgehead atoms.